The van der Waals surface area contributed by atoms with Crippen molar-refractivity contribution in [3.63, 3.8) is 0 Å². The molecule has 3 aromatic carbocycles. The van der Waals surface area contributed by atoms with Crippen LogP contribution in [-0.4, -0.2) is 24.7 Å². The fourth-order valence-electron chi connectivity index (χ4n) is 3.62. The van der Waals surface area contributed by atoms with Gasteiger partial charge in [0.25, 0.3) is 11.5 Å². The molecular formula is C28H23N3O4S. The van der Waals surface area contributed by atoms with E-state index in [0.717, 1.165) is 16.9 Å². The van der Waals surface area contributed by atoms with Gasteiger partial charge in [-0.1, -0.05) is 54.6 Å². The number of amides is 1. The van der Waals surface area contributed by atoms with Crippen molar-refractivity contribution in [2.45, 2.75) is 6.54 Å². The van der Waals surface area contributed by atoms with Crippen LogP contribution >= 0.6 is 11.3 Å². The van der Waals surface area contributed by atoms with E-state index in [1.807, 2.05) is 42.5 Å². The van der Waals surface area contributed by atoms with E-state index in [4.69, 9.17) is 9.47 Å². The van der Waals surface area contributed by atoms with Crippen molar-refractivity contribution in [3.05, 3.63) is 110 Å². The lowest BCUT2D eigenvalue weighted by Crippen LogP contribution is -2.33. The van der Waals surface area contributed by atoms with Crippen molar-refractivity contribution in [1.29, 1.82) is 5.26 Å². The van der Waals surface area contributed by atoms with Crippen LogP contribution in [0.4, 0.5) is 0 Å². The fraction of sp³-hybridized carbons (Fsp3) is 0.107. The minimum atomic E-state index is -0.551. The molecule has 1 amide bonds. The number of ether oxygens (including phenoxy) is 2. The highest BCUT2D eigenvalue weighted by Crippen LogP contribution is 2.27. The Morgan fingerprint density at radius 2 is 1.67 bits per heavy atom. The molecule has 7 nitrogen and oxygen atoms in total. The van der Waals surface area contributed by atoms with E-state index < -0.39 is 5.91 Å². The van der Waals surface area contributed by atoms with Crippen LogP contribution in [0.25, 0.3) is 17.3 Å². The Labute approximate surface area is 211 Å². The van der Waals surface area contributed by atoms with Gasteiger partial charge in [-0.05, 0) is 41.5 Å². The Morgan fingerprint density at radius 3 is 2.31 bits per heavy atom. The molecule has 36 heavy (non-hydrogen) atoms. The van der Waals surface area contributed by atoms with E-state index in [1.165, 1.54) is 11.7 Å². The maximum absolute atomic E-state index is 13.5. The summed E-state index contributed by atoms with van der Waals surface area (Å²) in [5.74, 6) is 0.541. The van der Waals surface area contributed by atoms with Crippen molar-refractivity contribution in [2.75, 3.05) is 14.2 Å². The molecule has 1 heterocycles. The molecule has 4 aromatic rings. The van der Waals surface area contributed by atoms with Gasteiger partial charge < -0.3 is 14.8 Å². The van der Waals surface area contributed by atoms with Gasteiger partial charge in [-0.15, -0.1) is 11.3 Å². The van der Waals surface area contributed by atoms with Crippen molar-refractivity contribution >= 4 is 28.9 Å². The van der Waals surface area contributed by atoms with Gasteiger partial charge in [0.05, 0.1) is 24.4 Å². The summed E-state index contributed by atoms with van der Waals surface area (Å²) in [4.78, 5) is 26.6. The number of aromatic nitrogens is 1. The quantitative estimate of drug-likeness (QED) is 0.424. The summed E-state index contributed by atoms with van der Waals surface area (Å²) in [6, 6.07) is 25.7. The average molecular weight is 498 g/mol. The van der Waals surface area contributed by atoms with E-state index >= 15 is 0 Å². The predicted octanol–water partition coefficient (Wildman–Crippen LogP) is 2.74. The van der Waals surface area contributed by atoms with E-state index in [2.05, 4.69) is 5.32 Å². The highest BCUT2D eigenvalue weighted by molar-refractivity contribution is 7.07. The van der Waals surface area contributed by atoms with E-state index in [1.54, 1.807) is 55.7 Å². The van der Waals surface area contributed by atoms with Crippen LogP contribution in [0, 0.1) is 11.3 Å². The zero-order valence-corrected chi connectivity index (χ0v) is 20.5. The Morgan fingerprint density at radius 1 is 1.00 bits per heavy atom. The molecule has 4 rings (SSSR count). The fourth-order valence-corrected chi connectivity index (χ4v) is 4.72. The molecule has 0 fully saturated rings. The number of nitriles is 1. The minimum absolute atomic E-state index is 0.135. The van der Waals surface area contributed by atoms with E-state index in [9.17, 15) is 14.9 Å². The van der Waals surface area contributed by atoms with Crippen molar-refractivity contribution in [3.8, 4) is 23.3 Å². The van der Waals surface area contributed by atoms with Gasteiger partial charge in [-0.3, -0.25) is 14.2 Å². The first-order chi connectivity index (χ1) is 17.5. The number of methoxy groups -OCH3 is 2. The highest BCUT2D eigenvalue weighted by atomic mass is 32.1. The van der Waals surface area contributed by atoms with Crippen LogP contribution in [0.3, 0.4) is 0 Å². The van der Waals surface area contributed by atoms with Gasteiger partial charge >= 0.3 is 0 Å². The number of para-hydroxylation sites is 1. The van der Waals surface area contributed by atoms with Gasteiger partial charge in [0, 0.05) is 6.54 Å². The van der Waals surface area contributed by atoms with Gasteiger partial charge in [-0.2, -0.15) is 5.26 Å². The molecule has 0 saturated carbocycles. The number of carbonyl (C=O) groups is 1. The molecule has 180 valence electrons. The third-order valence-corrected chi connectivity index (χ3v) is 6.48. The molecule has 0 aliphatic heterocycles. The first-order valence-electron chi connectivity index (χ1n) is 11.0. The van der Waals surface area contributed by atoms with Crippen LogP contribution in [-0.2, 0) is 11.3 Å². The lowest BCUT2D eigenvalue weighted by molar-refractivity contribution is -0.115. The topological polar surface area (TPSA) is 93.4 Å². The predicted molar refractivity (Wildman–Crippen MR) is 140 cm³/mol. The van der Waals surface area contributed by atoms with Gasteiger partial charge in [0.15, 0.2) is 17.1 Å². The maximum atomic E-state index is 13.5. The highest BCUT2D eigenvalue weighted by Gasteiger charge is 2.17. The molecule has 0 aliphatic rings. The number of carbonyl (C=O) groups excluding carboxylic acids is 1. The number of nitrogens with zero attached hydrogens (tertiary/aromatic N) is 2. The molecule has 0 bridgehead atoms. The summed E-state index contributed by atoms with van der Waals surface area (Å²) >= 11 is 1.08. The molecule has 1 N–H and O–H groups in total. The molecule has 1 aromatic heterocycles. The van der Waals surface area contributed by atoms with Crippen molar-refractivity contribution in [1.82, 2.24) is 9.88 Å². The summed E-state index contributed by atoms with van der Waals surface area (Å²) in [7, 11) is 3.09. The summed E-state index contributed by atoms with van der Waals surface area (Å²) in [6.07, 6.45) is 1.70. The maximum Gasteiger partial charge on any atom is 0.273 e. The summed E-state index contributed by atoms with van der Waals surface area (Å²) in [5, 5.41) is 12.7. The summed E-state index contributed by atoms with van der Waals surface area (Å²) < 4.78 is 12.7. The van der Waals surface area contributed by atoms with Gasteiger partial charge in [-0.25, -0.2) is 0 Å². The first-order valence-corrected chi connectivity index (χ1v) is 11.8. The Kier molecular flexibility index (Phi) is 7.63. The Balaban J connectivity index is 1.88. The van der Waals surface area contributed by atoms with Crippen molar-refractivity contribution < 1.29 is 14.3 Å². The second-order valence-corrected chi connectivity index (χ2v) is 8.69. The minimum Gasteiger partial charge on any atom is -0.493 e. The van der Waals surface area contributed by atoms with Crippen LogP contribution in [0.5, 0.6) is 11.5 Å². The summed E-state index contributed by atoms with van der Waals surface area (Å²) in [6.45, 7) is 0.260. The number of hydrogen-bond acceptors (Lipinski definition) is 6. The van der Waals surface area contributed by atoms with Crippen LogP contribution < -0.4 is 29.5 Å². The zero-order chi connectivity index (χ0) is 25.5. The normalized spacial score (nSPS) is 12.0. The third-order valence-electron chi connectivity index (χ3n) is 5.39. The molecule has 0 spiro atoms. The van der Waals surface area contributed by atoms with Gasteiger partial charge in [0.1, 0.15) is 10.7 Å². The number of benzene rings is 3. The zero-order valence-electron chi connectivity index (χ0n) is 19.7. The molecule has 8 heteroatoms. The molecule has 0 aliphatic carbocycles. The average Bonchev–Trinajstić information content (AvgIpc) is 3.23. The van der Waals surface area contributed by atoms with Gasteiger partial charge in [0.2, 0.25) is 0 Å². The Hall–Kier alpha value is -4.61. The first kappa shape index (κ1) is 24.5. The van der Waals surface area contributed by atoms with Crippen LogP contribution in [0.2, 0.25) is 0 Å². The Bertz CT molecular complexity index is 1600. The monoisotopic (exact) mass is 497 g/mol. The number of nitrogens with one attached hydrogen (secondary N) is 1. The lowest BCUT2D eigenvalue weighted by Gasteiger charge is -2.07. The molecule has 0 atom stereocenters. The van der Waals surface area contributed by atoms with E-state index in [0.29, 0.717) is 27.3 Å². The number of hydrogen-bond donors (Lipinski definition) is 1. The molecule has 0 saturated heterocycles. The standard InChI is InChI=1S/C28H23N3O4S/c1-34-23-14-13-20(15-24(23)35-2)16-25-27(33)31(21-11-7-4-8-12-21)28(36-25)22(17-29)26(32)30-18-19-9-5-3-6-10-19/h3-16H,18H2,1-2H3,(H,30,32)/b25-16+,28-22-. The van der Waals surface area contributed by atoms with E-state index in [-0.39, 0.29) is 22.3 Å². The number of rotatable bonds is 7. The SMILES string of the molecule is COc1ccc(/C=c2/s/c(=C(/C#N)C(=O)NCc3ccccc3)n(-c3ccccc3)c2=O)cc1OC. The summed E-state index contributed by atoms with van der Waals surface area (Å²) in [5.41, 5.74) is 1.70. The smallest absolute Gasteiger partial charge is 0.273 e. The second-order valence-electron chi connectivity index (χ2n) is 7.66. The van der Waals surface area contributed by atoms with Crippen LogP contribution in [0.1, 0.15) is 11.1 Å². The second kappa shape index (κ2) is 11.2. The molecule has 0 radical (unpaired) electrons. The largest absolute Gasteiger partial charge is 0.493 e. The third kappa shape index (κ3) is 5.22. The lowest BCUT2D eigenvalue weighted by atomic mass is 10.2. The number of thiazole rings is 1. The molecule has 0 unspecified atom stereocenters. The van der Waals surface area contributed by atoms with Crippen molar-refractivity contribution in [2.24, 2.45) is 0 Å². The molecular weight excluding hydrogens is 474 g/mol. The van der Waals surface area contributed by atoms with Crippen LogP contribution in [0.15, 0.2) is 83.7 Å².